The zero-order valence-corrected chi connectivity index (χ0v) is 12.0. The molecule has 0 aliphatic heterocycles. The highest BCUT2D eigenvalue weighted by Gasteiger charge is 2.38. The average Bonchev–Trinajstić information content (AvgIpc) is 3.16. The Morgan fingerprint density at radius 1 is 1.20 bits per heavy atom. The van der Waals surface area contributed by atoms with Crippen molar-refractivity contribution in [3.05, 3.63) is 12.7 Å². The highest BCUT2D eigenvalue weighted by Crippen LogP contribution is 2.45. The first-order valence-electron chi connectivity index (χ1n) is 7.23. The van der Waals surface area contributed by atoms with Gasteiger partial charge in [0.25, 0.3) is 0 Å². The lowest BCUT2D eigenvalue weighted by Crippen LogP contribution is -2.26. The second kappa shape index (κ2) is 8.82. The van der Waals surface area contributed by atoms with Crippen LogP contribution in [0.15, 0.2) is 12.7 Å². The van der Waals surface area contributed by atoms with Gasteiger partial charge in [-0.05, 0) is 36.5 Å². The lowest BCUT2D eigenvalue weighted by atomic mass is 10.0. The number of hydrogen-bond donors (Lipinski definition) is 3. The van der Waals surface area contributed by atoms with E-state index in [-0.39, 0.29) is 6.42 Å². The van der Waals surface area contributed by atoms with Gasteiger partial charge in [0.1, 0.15) is 6.10 Å². The zero-order chi connectivity index (χ0) is 15.0. The van der Waals surface area contributed by atoms with Crippen LogP contribution in [0.2, 0.25) is 0 Å². The van der Waals surface area contributed by atoms with Crippen molar-refractivity contribution in [1.82, 2.24) is 0 Å². The van der Waals surface area contributed by atoms with E-state index in [4.69, 9.17) is 5.11 Å². The summed E-state index contributed by atoms with van der Waals surface area (Å²) in [5, 5.41) is 28.8. The Balaban J connectivity index is 2.25. The van der Waals surface area contributed by atoms with Crippen LogP contribution in [0.5, 0.6) is 0 Å². The van der Waals surface area contributed by atoms with Crippen molar-refractivity contribution in [2.24, 2.45) is 11.8 Å². The minimum atomic E-state index is -0.870. The first-order valence-corrected chi connectivity index (χ1v) is 7.23. The molecular formula is C17H24O3. The van der Waals surface area contributed by atoms with Crippen molar-refractivity contribution in [1.29, 1.82) is 0 Å². The highest BCUT2D eigenvalue weighted by atomic mass is 16.3. The molecule has 0 amide bonds. The third kappa shape index (κ3) is 6.26. The third-order valence-corrected chi connectivity index (χ3v) is 3.62. The molecule has 110 valence electrons. The molecule has 1 saturated carbocycles. The van der Waals surface area contributed by atoms with Crippen molar-refractivity contribution < 1.29 is 15.3 Å². The number of aliphatic hydroxyl groups is 3. The molecular weight excluding hydrogens is 252 g/mol. The fourth-order valence-electron chi connectivity index (χ4n) is 2.30. The number of hydrogen-bond acceptors (Lipinski definition) is 3. The van der Waals surface area contributed by atoms with Crippen LogP contribution in [0.1, 0.15) is 39.0 Å². The first kappa shape index (κ1) is 16.8. The van der Waals surface area contributed by atoms with Crippen LogP contribution in [0.4, 0.5) is 0 Å². The summed E-state index contributed by atoms with van der Waals surface area (Å²) in [6, 6.07) is 0. The molecule has 3 heteroatoms. The largest absolute Gasteiger partial charge is 0.390 e. The molecule has 1 aliphatic carbocycles. The second-order valence-electron chi connectivity index (χ2n) is 5.37. The van der Waals surface area contributed by atoms with E-state index < -0.39 is 18.3 Å². The van der Waals surface area contributed by atoms with Gasteiger partial charge in [-0.25, -0.2) is 0 Å². The second-order valence-corrected chi connectivity index (χ2v) is 5.37. The Morgan fingerprint density at radius 2 is 1.95 bits per heavy atom. The van der Waals surface area contributed by atoms with Crippen LogP contribution < -0.4 is 0 Å². The molecule has 0 radical (unpaired) electrons. The molecule has 20 heavy (non-hydrogen) atoms. The van der Waals surface area contributed by atoms with E-state index in [1.54, 1.807) is 0 Å². The summed E-state index contributed by atoms with van der Waals surface area (Å²) in [6.45, 7) is 5.56. The maximum atomic E-state index is 9.89. The predicted molar refractivity (Wildman–Crippen MR) is 79.5 cm³/mol. The Hall–Kier alpha value is -1.26. The van der Waals surface area contributed by atoms with Gasteiger partial charge in [-0.3, -0.25) is 0 Å². The number of rotatable bonds is 7. The van der Waals surface area contributed by atoms with E-state index in [2.05, 4.69) is 37.2 Å². The van der Waals surface area contributed by atoms with Crippen molar-refractivity contribution >= 4 is 0 Å². The summed E-state index contributed by atoms with van der Waals surface area (Å²) < 4.78 is 0. The SMILES string of the molecule is C=C[C@H](O)C#CC#CC[C@@H](O)[C@H](O)CC1CC1CCC. The minimum absolute atomic E-state index is 0.200. The fraction of sp³-hybridized carbons (Fsp3) is 0.647. The van der Waals surface area contributed by atoms with E-state index in [9.17, 15) is 10.2 Å². The summed E-state index contributed by atoms with van der Waals surface area (Å²) >= 11 is 0. The van der Waals surface area contributed by atoms with Gasteiger partial charge in [-0.15, -0.1) is 0 Å². The van der Waals surface area contributed by atoms with Crippen molar-refractivity contribution in [3.63, 3.8) is 0 Å². The smallest absolute Gasteiger partial charge is 0.134 e. The molecule has 0 heterocycles. The number of aliphatic hydroxyl groups excluding tert-OH is 3. The maximum absolute atomic E-state index is 9.89. The van der Waals surface area contributed by atoms with E-state index in [1.165, 1.54) is 25.3 Å². The quantitative estimate of drug-likeness (QED) is 0.487. The molecule has 0 saturated heterocycles. The Bertz CT molecular complexity index is 421. The summed E-state index contributed by atoms with van der Waals surface area (Å²) in [4.78, 5) is 0. The van der Waals surface area contributed by atoms with Gasteiger partial charge in [-0.1, -0.05) is 44.3 Å². The van der Waals surface area contributed by atoms with Gasteiger partial charge in [-0.2, -0.15) is 0 Å². The van der Waals surface area contributed by atoms with Crippen LogP contribution >= 0.6 is 0 Å². The Kier molecular flexibility index (Phi) is 7.41. The summed E-state index contributed by atoms with van der Waals surface area (Å²) in [5.74, 6) is 11.5. The van der Waals surface area contributed by atoms with Gasteiger partial charge >= 0.3 is 0 Å². The summed E-state index contributed by atoms with van der Waals surface area (Å²) in [7, 11) is 0. The van der Waals surface area contributed by atoms with Crippen LogP contribution in [0, 0.1) is 35.5 Å². The lowest BCUT2D eigenvalue weighted by molar-refractivity contribution is 0.0137. The predicted octanol–water partition coefficient (Wildman–Crippen LogP) is 1.48. The monoisotopic (exact) mass is 276 g/mol. The molecule has 0 spiro atoms. The van der Waals surface area contributed by atoms with E-state index in [0.717, 1.165) is 5.92 Å². The molecule has 1 fully saturated rings. The molecule has 0 aromatic carbocycles. The standard InChI is InChI=1S/C17H24O3/c1-3-8-13-11-14(13)12-17(20)16(19)10-7-5-6-9-15(18)4-2/h4,13-20H,2-3,8,10-12H2,1H3/t13?,14?,15-,16+,17+/m0/s1. The topological polar surface area (TPSA) is 60.7 Å². The first-order chi connectivity index (χ1) is 9.58. The van der Waals surface area contributed by atoms with Gasteiger partial charge in [0.05, 0.1) is 12.2 Å². The van der Waals surface area contributed by atoms with Gasteiger partial charge in [0.2, 0.25) is 0 Å². The Morgan fingerprint density at radius 3 is 2.60 bits per heavy atom. The van der Waals surface area contributed by atoms with Gasteiger partial charge < -0.3 is 15.3 Å². The van der Waals surface area contributed by atoms with Crippen molar-refractivity contribution in [2.75, 3.05) is 0 Å². The molecule has 1 rings (SSSR count). The summed E-state index contributed by atoms with van der Waals surface area (Å²) in [6.07, 6.45) is 3.35. The van der Waals surface area contributed by atoms with Crippen LogP contribution in [-0.2, 0) is 0 Å². The van der Waals surface area contributed by atoms with E-state index in [1.807, 2.05) is 0 Å². The molecule has 3 nitrogen and oxygen atoms in total. The van der Waals surface area contributed by atoms with Gasteiger partial charge in [0, 0.05) is 6.42 Å². The zero-order valence-electron chi connectivity index (χ0n) is 12.0. The summed E-state index contributed by atoms with van der Waals surface area (Å²) in [5.41, 5.74) is 0. The fourth-order valence-corrected chi connectivity index (χ4v) is 2.30. The normalized spacial score (nSPS) is 24.4. The maximum Gasteiger partial charge on any atom is 0.134 e. The molecule has 0 aromatic heterocycles. The Labute approximate surface area is 121 Å². The average molecular weight is 276 g/mol. The minimum Gasteiger partial charge on any atom is -0.390 e. The molecule has 2 unspecified atom stereocenters. The van der Waals surface area contributed by atoms with Crippen LogP contribution in [0.25, 0.3) is 0 Å². The van der Waals surface area contributed by atoms with E-state index in [0.29, 0.717) is 12.3 Å². The van der Waals surface area contributed by atoms with Crippen molar-refractivity contribution in [2.45, 2.75) is 57.3 Å². The lowest BCUT2D eigenvalue weighted by Gasteiger charge is -2.15. The molecule has 5 atom stereocenters. The van der Waals surface area contributed by atoms with Gasteiger partial charge in [0.15, 0.2) is 0 Å². The molecule has 0 aromatic rings. The molecule has 1 aliphatic rings. The third-order valence-electron chi connectivity index (χ3n) is 3.62. The molecule has 0 bridgehead atoms. The van der Waals surface area contributed by atoms with Crippen LogP contribution in [-0.4, -0.2) is 33.6 Å². The highest BCUT2D eigenvalue weighted by molar-refractivity contribution is 5.28. The van der Waals surface area contributed by atoms with Crippen LogP contribution in [0.3, 0.4) is 0 Å². The van der Waals surface area contributed by atoms with E-state index >= 15 is 0 Å². The van der Waals surface area contributed by atoms with Crippen molar-refractivity contribution in [3.8, 4) is 23.7 Å². The molecule has 3 N–H and O–H groups in total.